The predicted octanol–water partition coefficient (Wildman–Crippen LogP) is 4.89. The van der Waals surface area contributed by atoms with E-state index in [0.717, 1.165) is 24.4 Å². The van der Waals surface area contributed by atoms with Crippen molar-refractivity contribution in [2.45, 2.75) is 33.7 Å². The van der Waals surface area contributed by atoms with Gasteiger partial charge in [-0.25, -0.2) is 0 Å². The maximum absolute atomic E-state index is 12.9. The molecule has 0 aromatic heterocycles. The molecule has 2 aromatic rings. The Morgan fingerprint density at radius 3 is 2.50 bits per heavy atom. The highest BCUT2D eigenvalue weighted by Crippen LogP contribution is 2.40. The molecule has 0 spiro atoms. The number of phenolic OH excluding ortho intramolecular Hbond substituents is 1. The van der Waals surface area contributed by atoms with Gasteiger partial charge in [0, 0.05) is 19.6 Å². The summed E-state index contributed by atoms with van der Waals surface area (Å²) in [5.74, 6) is 2.81. The number of ketones is 1. The molecule has 1 N–H and O–H groups in total. The molecule has 0 radical (unpaired) electrons. The van der Waals surface area contributed by atoms with Crippen LogP contribution in [0.4, 0.5) is 0 Å². The fraction of sp³-hybridized carbons (Fsp3) is 0.400. The molecule has 5 nitrogen and oxygen atoms in total. The van der Waals surface area contributed by atoms with Crippen molar-refractivity contribution in [3.05, 3.63) is 58.8 Å². The molecule has 0 amide bonds. The number of allylic oxidation sites excluding steroid dienone is 1. The number of nitrogens with zero attached hydrogens (tertiary/aromatic N) is 1. The Morgan fingerprint density at radius 1 is 1.13 bits per heavy atom. The molecule has 2 unspecified atom stereocenters. The molecule has 2 heterocycles. The Labute approximate surface area is 177 Å². The number of benzene rings is 2. The van der Waals surface area contributed by atoms with E-state index in [1.165, 1.54) is 6.42 Å². The lowest BCUT2D eigenvalue weighted by atomic mass is 9.91. The number of carbonyl (C=O) groups is 1. The summed E-state index contributed by atoms with van der Waals surface area (Å²) in [7, 11) is 0. The molecule has 2 atom stereocenters. The minimum atomic E-state index is -0.152. The smallest absolute Gasteiger partial charge is 0.231 e. The highest BCUT2D eigenvalue weighted by Gasteiger charge is 2.32. The monoisotopic (exact) mass is 407 g/mol. The van der Waals surface area contributed by atoms with Crippen LogP contribution in [-0.2, 0) is 6.54 Å². The van der Waals surface area contributed by atoms with Crippen LogP contribution in [0.25, 0.3) is 6.08 Å². The quantitative estimate of drug-likeness (QED) is 0.716. The molecule has 158 valence electrons. The number of Topliss-reactive ketones (excluding diaryl/α,β-unsaturated/α-hetero) is 1. The van der Waals surface area contributed by atoms with Crippen LogP contribution < -0.4 is 9.47 Å². The molecule has 0 bridgehead atoms. The maximum Gasteiger partial charge on any atom is 0.231 e. The number of likely N-dealkylation sites (tertiary alicyclic amines) is 1. The van der Waals surface area contributed by atoms with Crippen LogP contribution in [0.1, 0.15) is 48.7 Å². The van der Waals surface area contributed by atoms with Gasteiger partial charge in [-0.2, -0.15) is 0 Å². The first-order valence-electron chi connectivity index (χ1n) is 10.7. The van der Waals surface area contributed by atoms with E-state index in [9.17, 15) is 9.90 Å². The van der Waals surface area contributed by atoms with Gasteiger partial charge in [0.05, 0.1) is 17.7 Å². The number of rotatable bonds is 5. The van der Waals surface area contributed by atoms with E-state index >= 15 is 0 Å². The number of ether oxygens (including phenoxy) is 2. The van der Waals surface area contributed by atoms with Crippen LogP contribution in [0.3, 0.4) is 0 Å². The molecule has 0 saturated carbocycles. The van der Waals surface area contributed by atoms with E-state index in [1.807, 2.05) is 31.2 Å². The Hall–Kier alpha value is -2.79. The number of hydrogen-bond acceptors (Lipinski definition) is 5. The molecular weight excluding hydrogens is 378 g/mol. The molecule has 2 aliphatic rings. The number of aromatic hydroxyl groups is 1. The lowest BCUT2D eigenvalue weighted by Gasteiger charge is -2.35. The first kappa shape index (κ1) is 20.5. The number of hydrogen-bond donors (Lipinski definition) is 1. The Morgan fingerprint density at radius 2 is 1.83 bits per heavy atom. The van der Waals surface area contributed by atoms with E-state index in [4.69, 9.17) is 9.47 Å². The highest BCUT2D eigenvalue weighted by molar-refractivity contribution is 6.15. The van der Waals surface area contributed by atoms with Crippen molar-refractivity contribution < 1.29 is 19.4 Å². The van der Waals surface area contributed by atoms with Gasteiger partial charge in [0.2, 0.25) is 5.78 Å². The van der Waals surface area contributed by atoms with Crippen LogP contribution >= 0.6 is 0 Å². The molecule has 30 heavy (non-hydrogen) atoms. The average Bonchev–Trinajstić information content (AvgIpc) is 3.01. The van der Waals surface area contributed by atoms with Gasteiger partial charge in [-0.3, -0.25) is 9.69 Å². The van der Waals surface area contributed by atoms with Crippen molar-refractivity contribution in [1.82, 2.24) is 4.90 Å². The fourth-order valence-corrected chi connectivity index (χ4v) is 4.57. The summed E-state index contributed by atoms with van der Waals surface area (Å²) < 4.78 is 11.5. The van der Waals surface area contributed by atoms with Crippen LogP contribution in [-0.4, -0.2) is 35.5 Å². The van der Waals surface area contributed by atoms with E-state index in [-0.39, 0.29) is 17.3 Å². The molecule has 2 aromatic carbocycles. The molecule has 4 rings (SSSR count). The Balaban J connectivity index is 1.59. The molecule has 5 heteroatoms. The second-order valence-electron chi connectivity index (χ2n) is 8.52. The van der Waals surface area contributed by atoms with Gasteiger partial charge >= 0.3 is 0 Å². The van der Waals surface area contributed by atoms with E-state index < -0.39 is 0 Å². The Kier molecular flexibility index (Phi) is 5.82. The van der Waals surface area contributed by atoms with Crippen molar-refractivity contribution in [1.29, 1.82) is 0 Å². The fourth-order valence-electron chi connectivity index (χ4n) is 4.57. The van der Waals surface area contributed by atoms with Gasteiger partial charge in [-0.05, 0) is 61.1 Å². The summed E-state index contributed by atoms with van der Waals surface area (Å²) in [5, 5.41) is 10.5. The molecule has 1 saturated heterocycles. The second kappa shape index (κ2) is 8.52. The zero-order chi connectivity index (χ0) is 21.3. The topological polar surface area (TPSA) is 59.0 Å². The third kappa shape index (κ3) is 4.21. The van der Waals surface area contributed by atoms with Crippen LogP contribution in [0.5, 0.6) is 17.2 Å². The number of fused-ring (bicyclic) bond motifs is 1. The summed E-state index contributed by atoms with van der Waals surface area (Å²) in [6.07, 6.45) is 2.96. The minimum absolute atomic E-state index is 0.152. The zero-order valence-corrected chi connectivity index (χ0v) is 17.9. The summed E-state index contributed by atoms with van der Waals surface area (Å²) >= 11 is 0. The van der Waals surface area contributed by atoms with Gasteiger partial charge in [-0.15, -0.1) is 0 Å². The third-order valence-electron chi connectivity index (χ3n) is 5.73. The standard InChI is InChI=1S/C25H29NO4/c1-4-29-19-7-5-18(6-8-19)12-23-24(28)20-9-10-22(27)21(25(20)30-23)15-26-13-16(2)11-17(3)14-26/h5-10,12,16-17,27H,4,11,13-15H2,1-3H3/b23-12+. The summed E-state index contributed by atoms with van der Waals surface area (Å²) in [4.78, 5) is 15.3. The van der Waals surface area contributed by atoms with E-state index in [1.54, 1.807) is 18.2 Å². The van der Waals surface area contributed by atoms with Crippen LogP contribution in [0.15, 0.2) is 42.2 Å². The molecule has 1 fully saturated rings. The normalized spacial score (nSPS) is 22.8. The minimum Gasteiger partial charge on any atom is -0.507 e. The lowest BCUT2D eigenvalue weighted by molar-refractivity contribution is 0.101. The van der Waals surface area contributed by atoms with Crippen molar-refractivity contribution >= 4 is 11.9 Å². The first-order chi connectivity index (χ1) is 14.4. The number of phenols is 1. The Bertz CT molecular complexity index is 954. The third-order valence-corrected chi connectivity index (χ3v) is 5.73. The van der Waals surface area contributed by atoms with Crippen molar-refractivity contribution in [3.8, 4) is 17.2 Å². The second-order valence-corrected chi connectivity index (χ2v) is 8.52. The van der Waals surface area contributed by atoms with Crippen LogP contribution in [0, 0.1) is 11.8 Å². The maximum atomic E-state index is 12.9. The predicted molar refractivity (Wildman–Crippen MR) is 117 cm³/mol. The van der Waals surface area contributed by atoms with Gasteiger partial charge < -0.3 is 14.6 Å². The first-order valence-corrected chi connectivity index (χ1v) is 10.7. The molecule has 2 aliphatic heterocycles. The van der Waals surface area contributed by atoms with E-state index in [0.29, 0.717) is 41.9 Å². The van der Waals surface area contributed by atoms with Gasteiger partial charge in [0.1, 0.15) is 17.2 Å². The number of piperidine rings is 1. The largest absolute Gasteiger partial charge is 0.507 e. The zero-order valence-electron chi connectivity index (χ0n) is 17.9. The highest BCUT2D eigenvalue weighted by atomic mass is 16.5. The van der Waals surface area contributed by atoms with E-state index in [2.05, 4.69) is 18.7 Å². The summed E-state index contributed by atoms with van der Waals surface area (Å²) in [6.45, 7) is 9.61. The average molecular weight is 408 g/mol. The van der Waals surface area contributed by atoms with Crippen molar-refractivity contribution in [2.75, 3.05) is 19.7 Å². The molecule has 0 aliphatic carbocycles. The summed E-state index contributed by atoms with van der Waals surface area (Å²) in [6, 6.07) is 10.8. The van der Waals surface area contributed by atoms with Crippen LogP contribution in [0.2, 0.25) is 0 Å². The SMILES string of the molecule is CCOc1ccc(/C=C2/Oc3c(ccc(O)c3CN3CC(C)CC(C)C3)C2=O)cc1. The van der Waals surface area contributed by atoms with Gasteiger partial charge in [0.25, 0.3) is 0 Å². The number of carbonyl (C=O) groups excluding carboxylic acids is 1. The van der Waals surface area contributed by atoms with Gasteiger partial charge in [-0.1, -0.05) is 26.0 Å². The molecular formula is C25H29NO4. The van der Waals surface area contributed by atoms with Crippen molar-refractivity contribution in [2.24, 2.45) is 11.8 Å². The summed E-state index contributed by atoms with van der Waals surface area (Å²) in [5.41, 5.74) is 2.06. The van der Waals surface area contributed by atoms with Crippen molar-refractivity contribution in [3.63, 3.8) is 0 Å². The lowest BCUT2D eigenvalue weighted by Crippen LogP contribution is -2.38. The van der Waals surface area contributed by atoms with Gasteiger partial charge in [0.15, 0.2) is 5.76 Å².